The van der Waals surface area contributed by atoms with Crippen LogP contribution in [-0.4, -0.2) is 0 Å². The number of hydrogen-bond acceptors (Lipinski definition) is 2. The quantitative estimate of drug-likeness (QED) is 0.803. The molecule has 0 radical (unpaired) electrons. The zero-order chi connectivity index (χ0) is 14.4. The maximum Gasteiger partial charge on any atom is 0.133 e. The zero-order valence-electron chi connectivity index (χ0n) is 11.7. The molecule has 0 amide bonds. The molecule has 0 atom stereocenters. The predicted molar refractivity (Wildman–Crippen MR) is 87.2 cm³/mol. The number of ether oxygens (including phenoxy) is 1. The molecule has 0 unspecified atom stereocenters. The molecule has 2 aromatic carbocycles. The van der Waals surface area contributed by atoms with Crippen LogP contribution in [0.3, 0.4) is 0 Å². The van der Waals surface area contributed by atoms with Crippen LogP contribution in [0.25, 0.3) is 0 Å². The van der Waals surface area contributed by atoms with E-state index in [2.05, 4.69) is 35.0 Å². The summed E-state index contributed by atoms with van der Waals surface area (Å²) in [6, 6.07) is 14.2. The Balaban J connectivity index is 2.12. The molecule has 2 nitrogen and oxygen atoms in total. The van der Waals surface area contributed by atoms with Gasteiger partial charge in [-0.3, -0.25) is 0 Å². The van der Waals surface area contributed by atoms with Gasteiger partial charge in [0.05, 0.1) is 0 Å². The smallest absolute Gasteiger partial charge is 0.133 e. The minimum Gasteiger partial charge on any atom is -0.457 e. The molecule has 0 heterocycles. The average Bonchev–Trinajstić information content (AvgIpc) is 2.47. The molecule has 0 spiro atoms. The van der Waals surface area contributed by atoms with Gasteiger partial charge in [-0.15, -0.1) is 0 Å². The highest BCUT2D eigenvalue weighted by Crippen LogP contribution is 2.30. The minimum atomic E-state index is 0.450. The molecule has 2 aromatic rings. The Hall–Kier alpha value is -1.32. The largest absolute Gasteiger partial charge is 0.457 e. The van der Waals surface area contributed by atoms with E-state index in [4.69, 9.17) is 10.5 Å². The van der Waals surface area contributed by atoms with Crippen LogP contribution in [-0.2, 0) is 13.0 Å². The van der Waals surface area contributed by atoms with Gasteiger partial charge in [-0.2, -0.15) is 0 Å². The van der Waals surface area contributed by atoms with E-state index >= 15 is 0 Å². The lowest BCUT2D eigenvalue weighted by molar-refractivity contribution is 0.475. The summed E-state index contributed by atoms with van der Waals surface area (Å²) in [5.74, 6) is 1.65. The molecule has 0 saturated carbocycles. The first-order chi connectivity index (χ1) is 9.74. The molecule has 2 N–H and O–H groups in total. The van der Waals surface area contributed by atoms with Gasteiger partial charge in [0, 0.05) is 16.6 Å². The zero-order valence-corrected chi connectivity index (χ0v) is 13.3. The summed E-state index contributed by atoms with van der Waals surface area (Å²) >= 11 is 3.50. The normalized spacial score (nSPS) is 10.6. The van der Waals surface area contributed by atoms with Crippen LogP contribution in [0.15, 0.2) is 46.9 Å². The molecule has 0 aromatic heterocycles. The fraction of sp³-hybridized carbons (Fsp3) is 0.294. The van der Waals surface area contributed by atoms with Gasteiger partial charge in [0.2, 0.25) is 0 Å². The van der Waals surface area contributed by atoms with E-state index in [1.165, 1.54) is 18.4 Å². The molecule has 0 aliphatic rings. The van der Waals surface area contributed by atoms with Gasteiger partial charge in [0.25, 0.3) is 0 Å². The third-order valence-corrected chi connectivity index (χ3v) is 3.99. The van der Waals surface area contributed by atoms with Crippen molar-refractivity contribution in [1.82, 2.24) is 0 Å². The lowest BCUT2D eigenvalue weighted by Gasteiger charge is -2.12. The Morgan fingerprint density at radius 2 is 1.85 bits per heavy atom. The number of benzene rings is 2. The van der Waals surface area contributed by atoms with E-state index in [1.54, 1.807) is 0 Å². The molecule has 0 saturated heterocycles. The van der Waals surface area contributed by atoms with E-state index in [-0.39, 0.29) is 0 Å². The van der Waals surface area contributed by atoms with Crippen LogP contribution in [0, 0.1) is 0 Å². The van der Waals surface area contributed by atoms with Crippen molar-refractivity contribution in [3.8, 4) is 11.5 Å². The number of halogens is 1. The molecule has 0 aliphatic carbocycles. The lowest BCUT2D eigenvalue weighted by atomic mass is 10.1. The monoisotopic (exact) mass is 333 g/mol. The summed E-state index contributed by atoms with van der Waals surface area (Å²) in [5.41, 5.74) is 8.12. The summed E-state index contributed by atoms with van der Waals surface area (Å²) in [4.78, 5) is 0. The van der Waals surface area contributed by atoms with Crippen molar-refractivity contribution >= 4 is 15.9 Å². The molecule has 0 fully saturated rings. The van der Waals surface area contributed by atoms with Crippen molar-refractivity contribution < 1.29 is 4.74 Å². The van der Waals surface area contributed by atoms with Crippen molar-refractivity contribution in [3.05, 3.63) is 58.1 Å². The van der Waals surface area contributed by atoms with E-state index in [0.29, 0.717) is 6.54 Å². The molecular formula is C17H20BrNO. The summed E-state index contributed by atoms with van der Waals surface area (Å²) in [6.45, 7) is 2.66. The second-order valence-electron chi connectivity index (χ2n) is 4.77. The fourth-order valence-electron chi connectivity index (χ4n) is 2.06. The minimum absolute atomic E-state index is 0.450. The Morgan fingerprint density at radius 3 is 2.50 bits per heavy atom. The molecular weight excluding hydrogens is 314 g/mol. The second-order valence-corrected chi connectivity index (χ2v) is 5.62. The van der Waals surface area contributed by atoms with Crippen LogP contribution in [0.2, 0.25) is 0 Å². The standard InChI is InChI=1S/C17H20BrNO/c1-2-3-5-13-8-10-14(11-9-13)20-17-7-4-6-16(18)15(17)12-19/h4,6-11H,2-3,5,12,19H2,1H3. The Bertz CT molecular complexity index is 551. The van der Waals surface area contributed by atoms with Crippen molar-refractivity contribution in [3.63, 3.8) is 0 Å². The van der Waals surface area contributed by atoms with Crippen LogP contribution in [0.4, 0.5) is 0 Å². The van der Waals surface area contributed by atoms with E-state index < -0.39 is 0 Å². The molecule has 2 rings (SSSR count). The number of aryl methyl sites for hydroxylation is 1. The molecule has 0 aliphatic heterocycles. The van der Waals surface area contributed by atoms with Gasteiger partial charge >= 0.3 is 0 Å². The topological polar surface area (TPSA) is 35.2 Å². The van der Waals surface area contributed by atoms with Crippen molar-refractivity contribution in [2.45, 2.75) is 32.7 Å². The highest BCUT2D eigenvalue weighted by atomic mass is 79.9. The summed E-state index contributed by atoms with van der Waals surface area (Å²) < 4.78 is 6.91. The van der Waals surface area contributed by atoms with Crippen LogP contribution in [0.5, 0.6) is 11.5 Å². The molecule has 106 valence electrons. The highest BCUT2D eigenvalue weighted by molar-refractivity contribution is 9.10. The van der Waals surface area contributed by atoms with Gasteiger partial charge in [0.15, 0.2) is 0 Å². The van der Waals surface area contributed by atoms with E-state index in [9.17, 15) is 0 Å². The Kier molecular flexibility index (Phi) is 5.62. The van der Waals surface area contributed by atoms with Crippen LogP contribution < -0.4 is 10.5 Å². The predicted octanol–water partition coefficient (Wildman–Crippen LogP) is 5.04. The number of rotatable bonds is 6. The summed E-state index contributed by atoms with van der Waals surface area (Å²) in [7, 11) is 0. The van der Waals surface area contributed by atoms with E-state index in [0.717, 1.165) is 28.0 Å². The summed E-state index contributed by atoms with van der Waals surface area (Å²) in [6.07, 6.45) is 3.57. The van der Waals surface area contributed by atoms with Gasteiger partial charge < -0.3 is 10.5 Å². The maximum absolute atomic E-state index is 5.93. The molecule has 20 heavy (non-hydrogen) atoms. The molecule has 3 heteroatoms. The third-order valence-electron chi connectivity index (χ3n) is 3.25. The molecule has 0 bridgehead atoms. The first-order valence-corrected chi connectivity index (χ1v) is 7.78. The maximum atomic E-state index is 5.93. The fourth-order valence-corrected chi connectivity index (χ4v) is 2.57. The first kappa shape index (κ1) is 15.1. The summed E-state index contributed by atoms with van der Waals surface area (Å²) in [5, 5.41) is 0. The SMILES string of the molecule is CCCCc1ccc(Oc2cccc(Br)c2CN)cc1. The van der Waals surface area contributed by atoms with Crippen molar-refractivity contribution in [1.29, 1.82) is 0 Å². The third kappa shape index (κ3) is 3.84. The average molecular weight is 334 g/mol. The van der Waals surface area contributed by atoms with Gasteiger partial charge in [-0.05, 0) is 42.7 Å². The van der Waals surface area contributed by atoms with Crippen molar-refractivity contribution in [2.24, 2.45) is 5.73 Å². The van der Waals surface area contributed by atoms with Crippen LogP contribution in [0.1, 0.15) is 30.9 Å². The Morgan fingerprint density at radius 1 is 1.10 bits per heavy atom. The lowest BCUT2D eigenvalue weighted by Crippen LogP contribution is -2.00. The van der Waals surface area contributed by atoms with Crippen LogP contribution >= 0.6 is 15.9 Å². The number of unbranched alkanes of at least 4 members (excludes halogenated alkanes) is 1. The van der Waals surface area contributed by atoms with Gasteiger partial charge in [-0.25, -0.2) is 0 Å². The second kappa shape index (κ2) is 7.46. The van der Waals surface area contributed by atoms with Gasteiger partial charge in [0.1, 0.15) is 11.5 Å². The van der Waals surface area contributed by atoms with E-state index in [1.807, 2.05) is 30.3 Å². The van der Waals surface area contributed by atoms with Crippen molar-refractivity contribution in [2.75, 3.05) is 0 Å². The highest BCUT2D eigenvalue weighted by Gasteiger charge is 2.07. The Labute approximate surface area is 129 Å². The van der Waals surface area contributed by atoms with Gasteiger partial charge in [-0.1, -0.05) is 47.5 Å². The number of nitrogens with two attached hydrogens (primary N) is 1. The first-order valence-electron chi connectivity index (χ1n) is 6.99. The number of hydrogen-bond donors (Lipinski definition) is 1.